The van der Waals surface area contributed by atoms with E-state index in [2.05, 4.69) is 44.4 Å². The number of aldehydes is 1. The largest absolute Gasteiger partial charge is 0.496 e. The van der Waals surface area contributed by atoms with E-state index in [0.29, 0.717) is 18.4 Å². The molecule has 1 aromatic heterocycles. The van der Waals surface area contributed by atoms with E-state index in [1.807, 2.05) is 18.3 Å². The van der Waals surface area contributed by atoms with Crippen molar-refractivity contribution in [1.29, 1.82) is 0 Å². The fourth-order valence-corrected chi connectivity index (χ4v) is 5.13. The number of carbonyl (C=O) groups is 1. The molecule has 2 aromatic carbocycles. The van der Waals surface area contributed by atoms with Crippen molar-refractivity contribution in [3.05, 3.63) is 48.2 Å². The Hall–Kier alpha value is -3.19. The predicted molar refractivity (Wildman–Crippen MR) is 132 cm³/mol. The minimum atomic E-state index is 0.498. The van der Waals surface area contributed by atoms with Gasteiger partial charge in [-0.05, 0) is 55.2 Å². The van der Waals surface area contributed by atoms with Crippen molar-refractivity contribution in [2.45, 2.75) is 31.6 Å². The highest BCUT2D eigenvalue weighted by atomic mass is 16.5. The van der Waals surface area contributed by atoms with Crippen molar-refractivity contribution in [1.82, 2.24) is 14.9 Å². The zero-order chi connectivity index (χ0) is 22.6. The highest BCUT2D eigenvalue weighted by Crippen LogP contribution is 2.42. The van der Waals surface area contributed by atoms with Crippen molar-refractivity contribution < 1.29 is 9.53 Å². The van der Waals surface area contributed by atoms with Crippen LogP contribution in [0.15, 0.2) is 42.6 Å². The van der Waals surface area contributed by atoms with E-state index < -0.39 is 0 Å². The molecule has 3 aromatic rings. The molecule has 0 spiro atoms. The molecule has 1 aliphatic carbocycles. The van der Waals surface area contributed by atoms with Crippen molar-refractivity contribution in [3.63, 3.8) is 0 Å². The number of piperazine rings is 1. The predicted octanol–water partition coefficient (Wildman–Crippen LogP) is 4.36. The average Bonchev–Trinajstić information content (AvgIpc) is 3.39. The normalized spacial score (nSPS) is 17.4. The van der Waals surface area contributed by atoms with Gasteiger partial charge in [0.25, 0.3) is 0 Å². The zero-order valence-corrected chi connectivity index (χ0v) is 19.2. The summed E-state index contributed by atoms with van der Waals surface area (Å²) in [5.74, 6) is 2.03. The molecule has 0 amide bonds. The number of rotatable bonds is 7. The third kappa shape index (κ3) is 4.64. The molecule has 1 N–H and O–H groups in total. The topological polar surface area (TPSA) is 70.6 Å². The monoisotopic (exact) mass is 445 g/mol. The Morgan fingerprint density at radius 2 is 1.82 bits per heavy atom. The molecule has 7 heteroatoms. The molecular weight excluding hydrogens is 414 g/mol. The molecule has 2 fully saturated rings. The second-order valence-electron chi connectivity index (χ2n) is 8.92. The Bertz CT molecular complexity index is 1100. The molecule has 0 radical (unpaired) electrons. The molecule has 2 heterocycles. The van der Waals surface area contributed by atoms with Gasteiger partial charge in [-0.2, -0.15) is 0 Å². The summed E-state index contributed by atoms with van der Waals surface area (Å²) in [5.41, 5.74) is 4.37. The van der Waals surface area contributed by atoms with E-state index in [0.717, 1.165) is 54.8 Å². The molecule has 5 rings (SSSR count). The number of methoxy groups -OCH3 is 1. The molecule has 0 bridgehead atoms. The van der Waals surface area contributed by atoms with Crippen LogP contribution in [0.5, 0.6) is 5.75 Å². The van der Waals surface area contributed by atoms with Crippen LogP contribution in [0.25, 0.3) is 10.9 Å². The fourth-order valence-electron chi connectivity index (χ4n) is 5.13. The molecule has 1 saturated heterocycles. The minimum Gasteiger partial charge on any atom is -0.496 e. The molecule has 33 heavy (non-hydrogen) atoms. The molecule has 2 aliphatic rings. The van der Waals surface area contributed by atoms with Crippen LogP contribution in [0.3, 0.4) is 0 Å². The second-order valence-corrected chi connectivity index (χ2v) is 8.92. The van der Waals surface area contributed by atoms with Crippen molar-refractivity contribution in [2.75, 3.05) is 50.1 Å². The maximum Gasteiger partial charge on any atom is 0.227 e. The van der Waals surface area contributed by atoms with E-state index in [1.54, 1.807) is 7.11 Å². The Morgan fingerprint density at radius 1 is 1.06 bits per heavy atom. The number of hydrogen-bond acceptors (Lipinski definition) is 7. The molecule has 1 aliphatic heterocycles. The van der Waals surface area contributed by atoms with E-state index in [-0.39, 0.29) is 0 Å². The lowest BCUT2D eigenvalue weighted by atomic mass is 9.94. The van der Waals surface area contributed by atoms with Gasteiger partial charge in [-0.15, -0.1) is 0 Å². The number of carbonyl (C=O) groups excluding carboxylic acids is 1. The first-order valence-electron chi connectivity index (χ1n) is 11.9. The quantitative estimate of drug-likeness (QED) is 0.542. The Morgan fingerprint density at radius 3 is 2.52 bits per heavy atom. The van der Waals surface area contributed by atoms with Gasteiger partial charge in [0, 0.05) is 54.7 Å². The van der Waals surface area contributed by atoms with Crippen LogP contribution in [-0.2, 0) is 4.79 Å². The number of fused-ring (bicyclic) bond motifs is 1. The number of ether oxygens (including phenoxy) is 1. The maximum absolute atomic E-state index is 10.7. The lowest BCUT2D eigenvalue weighted by Crippen LogP contribution is -2.46. The average molecular weight is 446 g/mol. The standard InChI is InChI=1S/C26H31N5O2/c1-33-23-11-6-20-18-27-26(29-25(20)24(23)19-4-2-3-5-19)28-21-7-9-22(10-8-21)31-14-12-30(13-15-31)16-17-32/h6-11,17-19H,2-5,12-16H2,1H3,(H,27,28,29). The van der Waals surface area contributed by atoms with Gasteiger partial charge in [0.05, 0.1) is 19.2 Å². The first kappa shape index (κ1) is 21.6. The lowest BCUT2D eigenvalue weighted by molar-refractivity contribution is -0.108. The summed E-state index contributed by atoms with van der Waals surface area (Å²) in [6.45, 7) is 4.21. The van der Waals surface area contributed by atoms with Crippen molar-refractivity contribution in [2.24, 2.45) is 0 Å². The Balaban J connectivity index is 1.34. The van der Waals surface area contributed by atoms with Gasteiger partial charge < -0.3 is 19.7 Å². The van der Waals surface area contributed by atoms with Crippen LogP contribution in [0.4, 0.5) is 17.3 Å². The number of nitrogens with one attached hydrogen (secondary N) is 1. The van der Waals surface area contributed by atoms with Gasteiger partial charge >= 0.3 is 0 Å². The molecule has 1 saturated carbocycles. The molecule has 0 unspecified atom stereocenters. The van der Waals surface area contributed by atoms with E-state index >= 15 is 0 Å². The third-order valence-corrected chi connectivity index (χ3v) is 6.93. The van der Waals surface area contributed by atoms with Crippen LogP contribution in [-0.4, -0.2) is 61.0 Å². The van der Waals surface area contributed by atoms with Gasteiger partial charge in [-0.1, -0.05) is 12.8 Å². The highest BCUT2D eigenvalue weighted by Gasteiger charge is 2.24. The summed E-state index contributed by atoms with van der Waals surface area (Å²) in [5, 5.41) is 4.43. The summed E-state index contributed by atoms with van der Waals surface area (Å²) in [4.78, 5) is 24.7. The molecule has 0 atom stereocenters. The van der Waals surface area contributed by atoms with E-state index in [9.17, 15) is 4.79 Å². The van der Waals surface area contributed by atoms with Gasteiger partial charge in [-0.25, -0.2) is 9.97 Å². The summed E-state index contributed by atoms with van der Waals surface area (Å²) in [7, 11) is 1.74. The lowest BCUT2D eigenvalue weighted by Gasteiger charge is -2.35. The first-order valence-corrected chi connectivity index (χ1v) is 11.9. The maximum atomic E-state index is 10.7. The minimum absolute atomic E-state index is 0.498. The zero-order valence-electron chi connectivity index (χ0n) is 19.2. The molecule has 7 nitrogen and oxygen atoms in total. The SMILES string of the molecule is COc1ccc2cnc(Nc3ccc(N4CCN(CC=O)CC4)cc3)nc2c1C1CCCC1. The number of aromatic nitrogens is 2. The van der Waals surface area contributed by atoms with E-state index in [4.69, 9.17) is 9.72 Å². The fraction of sp³-hybridized carbons (Fsp3) is 0.423. The summed E-state index contributed by atoms with van der Waals surface area (Å²) in [6, 6.07) is 12.5. The third-order valence-electron chi connectivity index (χ3n) is 6.93. The van der Waals surface area contributed by atoms with Crippen LogP contribution in [0.2, 0.25) is 0 Å². The van der Waals surface area contributed by atoms with Gasteiger partial charge in [0.15, 0.2) is 0 Å². The summed E-state index contributed by atoms with van der Waals surface area (Å²) in [6.07, 6.45) is 7.78. The number of nitrogens with zero attached hydrogens (tertiary/aromatic N) is 4. The van der Waals surface area contributed by atoms with Crippen LogP contribution >= 0.6 is 0 Å². The molecule has 172 valence electrons. The first-order chi connectivity index (χ1) is 16.2. The Labute approximate surface area is 194 Å². The van der Waals surface area contributed by atoms with Crippen molar-refractivity contribution >= 4 is 34.5 Å². The smallest absolute Gasteiger partial charge is 0.227 e. The van der Waals surface area contributed by atoms with E-state index in [1.165, 1.54) is 36.9 Å². The van der Waals surface area contributed by atoms with Crippen LogP contribution in [0, 0.1) is 0 Å². The number of hydrogen-bond donors (Lipinski definition) is 1. The highest BCUT2D eigenvalue weighted by molar-refractivity contribution is 5.85. The number of anilines is 3. The van der Waals surface area contributed by atoms with Gasteiger partial charge in [0.2, 0.25) is 5.95 Å². The summed E-state index contributed by atoms with van der Waals surface area (Å²) >= 11 is 0. The summed E-state index contributed by atoms with van der Waals surface area (Å²) < 4.78 is 5.71. The Kier molecular flexibility index (Phi) is 6.39. The van der Waals surface area contributed by atoms with Crippen LogP contribution < -0.4 is 15.0 Å². The molecular formula is C26H31N5O2. The van der Waals surface area contributed by atoms with Gasteiger partial charge in [-0.3, -0.25) is 4.90 Å². The van der Waals surface area contributed by atoms with Gasteiger partial charge in [0.1, 0.15) is 12.0 Å². The number of benzene rings is 2. The van der Waals surface area contributed by atoms with Crippen molar-refractivity contribution in [3.8, 4) is 5.75 Å². The van der Waals surface area contributed by atoms with Crippen LogP contribution in [0.1, 0.15) is 37.2 Å². The second kappa shape index (κ2) is 9.75.